The second kappa shape index (κ2) is 6.19. The largest absolute Gasteiger partial charge is 0.508 e. The Labute approximate surface area is 111 Å². The Morgan fingerprint density at radius 2 is 1.89 bits per heavy atom. The molecule has 0 aliphatic heterocycles. The summed E-state index contributed by atoms with van der Waals surface area (Å²) in [6.07, 6.45) is 0.413. The van der Waals surface area contributed by atoms with Gasteiger partial charge in [-0.3, -0.25) is 9.59 Å². The zero-order chi connectivity index (χ0) is 14.5. The molecule has 1 aromatic carbocycles. The van der Waals surface area contributed by atoms with E-state index in [1.54, 1.807) is 24.3 Å². The number of benzene rings is 1. The maximum atomic E-state index is 11.8. The van der Waals surface area contributed by atoms with E-state index in [0.29, 0.717) is 13.0 Å². The van der Waals surface area contributed by atoms with Crippen LogP contribution in [0.1, 0.15) is 18.9 Å². The maximum absolute atomic E-state index is 11.8. The first-order valence-corrected chi connectivity index (χ1v) is 5.94. The molecule has 0 radical (unpaired) electrons. The van der Waals surface area contributed by atoms with Crippen LogP contribution in [0.3, 0.4) is 0 Å². The fraction of sp³-hybridized carbons (Fsp3) is 0.385. The normalized spacial score (nSPS) is 13.6. The fourth-order valence-electron chi connectivity index (χ4n) is 1.63. The average Bonchev–Trinajstić information content (AvgIpc) is 2.30. The molecule has 0 aliphatic carbocycles. The smallest absolute Gasteiger partial charge is 0.240 e. The molecule has 6 N–H and O–H groups in total. The van der Waals surface area contributed by atoms with Crippen molar-refractivity contribution < 1.29 is 14.7 Å². The van der Waals surface area contributed by atoms with Gasteiger partial charge in [0, 0.05) is 6.54 Å². The zero-order valence-corrected chi connectivity index (χ0v) is 10.8. The molecule has 0 saturated heterocycles. The van der Waals surface area contributed by atoms with Crippen molar-refractivity contribution >= 4 is 11.8 Å². The molecule has 0 spiro atoms. The average molecular weight is 265 g/mol. The molecule has 1 atom stereocenters. The molecular formula is C13H19N3O3. The molecule has 104 valence electrons. The third-order valence-electron chi connectivity index (χ3n) is 2.70. The van der Waals surface area contributed by atoms with E-state index in [1.165, 1.54) is 6.92 Å². The number of phenolic OH excluding ortho intramolecular Hbond substituents is 1. The van der Waals surface area contributed by atoms with Crippen LogP contribution in [0, 0.1) is 0 Å². The minimum absolute atomic E-state index is 0.196. The van der Waals surface area contributed by atoms with Crippen molar-refractivity contribution in [1.29, 1.82) is 0 Å². The van der Waals surface area contributed by atoms with Crippen molar-refractivity contribution in [3.63, 3.8) is 0 Å². The summed E-state index contributed by atoms with van der Waals surface area (Å²) in [5, 5.41) is 11.8. The lowest BCUT2D eigenvalue weighted by Crippen LogP contribution is -2.53. The number of carbonyl (C=O) groups is 2. The number of primary amides is 1. The van der Waals surface area contributed by atoms with Gasteiger partial charge in [-0.25, -0.2) is 0 Å². The number of carbonyl (C=O) groups excluding carboxylic acids is 2. The molecule has 0 bridgehead atoms. The van der Waals surface area contributed by atoms with Gasteiger partial charge in [-0.1, -0.05) is 12.1 Å². The zero-order valence-electron chi connectivity index (χ0n) is 10.8. The van der Waals surface area contributed by atoms with Crippen molar-refractivity contribution in [2.45, 2.75) is 25.3 Å². The van der Waals surface area contributed by atoms with E-state index in [2.05, 4.69) is 5.32 Å². The summed E-state index contributed by atoms with van der Waals surface area (Å²) in [5.74, 6) is -0.826. The summed E-state index contributed by atoms with van der Waals surface area (Å²) in [5.41, 5.74) is 10.4. The summed E-state index contributed by atoms with van der Waals surface area (Å²) >= 11 is 0. The number of nitrogens with one attached hydrogen (secondary N) is 1. The van der Waals surface area contributed by atoms with Gasteiger partial charge in [-0.15, -0.1) is 0 Å². The van der Waals surface area contributed by atoms with Crippen LogP contribution in [0.2, 0.25) is 0 Å². The third-order valence-corrected chi connectivity index (χ3v) is 2.70. The van der Waals surface area contributed by atoms with Crippen molar-refractivity contribution in [3.8, 4) is 5.75 Å². The SMILES string of the molecule is CC(N)(CC(N)=O)C(=O)NCCc1ccc(O)cc1. The second-order valence-electron chi connectivity index (χ2n) is 4.73. The van der Waals surface area contributed by atoms with Crippen LogP contribution in [0.15, 0.2) is 24.3 Å². The molecule has 0 fully saturated rings. The molecule has 1 rings (SSSR count). The summed E-state index contributed by atoms with van der Waals surface area (Å²) in [6.45, 7) is 1.86. The number of hydrogen-bond acceptors (Lipinski definition) is 4. The van der Waals surface area contributed by atoms with Gasteiger partial charge in [0.2, 0.25) is 11.8 Å². The summed E-state index contributed by atoms with van der Waals surface area (Å²) in [6, 6.07) is 6.70. The van der Waals surface area contributed by atoms with Crippen LogP contribution in [0.5, 0.6) is 5.75 Å². The quantitative estimate of drug-likeness (QED) is 0.561. The van der Waals surface area contributed by atoms with Gasteiger partial charge in [-0.05, 0) is 31.0 Å². The lowest BCUT2D eigenvalue weighted by molar-refractivity contribution is -0.129. The van der Waals surface area contributed by atoms with Crippen molar-refractivity contribution in [1.82, 2.24) is 5.32 Å². The Bertz CT molecular complexity index is 455. The predicted octanol–water partition coefficient (Wildman–Crippen LogP) is -0.356. The molecule has 6 nitrogen and oxygen atoms in total. The number of amides is 2. The third kappa shape index (κ3) is 4.97. The second-order valence-corrected chi connectivity index (χ2v) is 4.73. The van der Waals surface area contributed by atoms with E-state index >= 15 is 0 Å². The summed E-state index contributed by atoms with van der Waals surface area (Å²) < 4.78 is 0. The van der Waals surface area contributed by atoms with Crippen molar-refractivity contribution in [2.75, 3.05) is 6.54 Å². The molecule has 0 aliphatic rings. The predicted molar refractivity (Wildman–Crippen MR) is 71.2 cm³/mol. The Hall–Kier alpha value is -2.08. The van der Waals surface area contributed by atoms with E-state index in [1.807, 2.05) is 0 Å². The van der Waals surface area contributed by atoms with Crippen LogP contribution in [-0.2, 0) is 16.0 Å². The van der Waals surface area contributed by atoms with Crippen LogP contribution < -0.4 is 16.8 Å². The molecule has 19 heavy (non-hydrogen) atoms. The molecule has 1 aromatic rings. The highest BCUT2D eigenvalue weighted by Crippen LogP contribution is 2.10. The van der Waals surface area contributed by atoms with Gasteiger partial charge in [0.25, 0.3) is 0 Å². The summed E-state index contributed by atoms with van der Waals surface area (Å²) in [7, 11) is 0. The van der Waals surface area contributed by atoms with E-state index in [-0.39, 0.29) is 12.2 Å². The monoisotopic (exact) mass is 265 g/mol. The molecule has 1 unspecified atom stereocenters. The first-order valence-electron chi connectivity index (χ1n) is 5.94. The molecule has 6 heteroatoms. The van der Waals surface area contributed by atoms with Crippen LogP contribution >= 0.6 is 0 Å². The van der Waals surface area contributed by atoms with Crippen molar-refractivity contribution in [2.24, 2.45) is 11.5 Å². The molecular weight excluding hydrogens is 246 g/mol. The number of aromatic hydroxyl groups is 1. The lowest BCUT2D eigenvalue weighted by atomic mass is 9.98. The van der Waals surface area contributed by atoms with Gasteiger partial charge < -0.3 is 21.9 Å². The van der Waals surface area contributed by atoms with Gasteiger partial charge >= 0.3 is 0 Å². The molecule has 0 aromatic heterocycles. The highest BCUT2D eigenvalue weighted by molar-refractivity contribution is 5.91. The fourth-order valence-corrected chi connectivity index (χ4v) is 1.63. The lowest BCUT2D eigenvalue weighted by Gasteiger charge is -2.21. The minimum Gasteiger partial charge on any atom is -0.508 e. The van der Waals surface area contributed by atoms with Crippen LogP contribution in [0.4, 0.5) is 0 Å². The van der Waals surface area contributed by atoms with E-state index in [4.69, 9.17) is 16.6 Å². The topological polar surface area (TPSA) is 118 Å². The van der Waals surface area contributed by atoms with Gasteiger partial charge in [0.1, 0.15) is 11.3 Å². The van der Waals surface area contributed by atoms with Crippen LogP contribution in [-0.4, -0.2) is 29.0 Å². The first-order chi connectivity index (χ1) is 8.81. The van der Waals surface area contributed by atoms with Crippen molar-refractivity contribution in [3.05, 3.63) is 29.8 Å². The number of hydrogen-bond donors (Lipinski definition) is 4. The number of nitrogens with two attached hydrogens (primary N) is 2. The molecule has 0 heterocycles. The maximum Gasteiger partial charge on any atom is 0.240 e. The Kier molecular flexibility index (Phi) is 4.88. The van der Waals surface area contributed by atoms with Gasteiger partial charge in [0.05, 0.1) is 6.42 Å². The minimum atomic E-state index is -1.29. The summed E-state index contributed by atoms with van der Waals surface area (Å²) in [4.78, 5) is 22.5. The standard InChI is InChI=1S/C13H19N3O3/c1-13(15,8-11(14)18)12(19)16-7-6-9-2-4-10(17)5-3-9/h2-5,17H,6-8,15H2,1H3,(H2,14,18)(H,16,19). The molecule has 2 amide bonds. The van der Waals surface area contributed by atoms with E-state index in [9.17, 15) is 9.59 Å². The van der Waals surface area contributed by atoms with Gasteiger partial charge in [-0.2, -0.15) is 0 Å². The van der Waals surface area contributed by atoms with Gasteiger partial charge in [0.15, 0.2) is 0 Å². The molecule has 0 saturated carbocycles. The Morgan fingerprint density at radius 3 is 2.42 bits per heavy atom. The Balaban J connectivity index is 2.42. The Morgan fingerprint density at radius 1 is 1.32 bits per heavy atom. The van der Waals surface area contributed by atoms with E-state index in [0.717, 1.165) is 5.56 Å². The highest BCUT2D eigenvalue weighted by Gasteiger charge is 2.29. The number of rotatable bonds is 6. The number of phenols is 1. The van der Waals surface area contributed by atoms with Crippen LogP contribution in [0.25, 0.3) is 0 Å². The highest BCUT2D eigenvalue weighted by atomic mass is 16.3. The van der Waals surface area contributed by atoms with E-state index < -0.39 is 17.4 Å². The first kappa shape index (κ1) is 15.0.